The normalized spacial score (nSPS) is 15.1. The lowest BCUT2D eigenvalue weighted by molar-refractivity contribution is 0.00578. The second-order valence-corrected chi connectivity index (χ2v) is 18.2. The number of aryl methyl sites for hydroxylation is 2. The largest absolute Gasteiger partial charge is 0.494 e. The lowest BCUT2D eigenvalue weighted by Gasteiger charge is -2.32. The topological polar surface area (TPSA) is 44.2 Å². The highest BCUT2D eigenvalue weighted by Gasteiger charge is 2.51. The molecule has 0 N–H and O–H groups in total. The van der Waals surface area contributed by atoms with Crippen molar-refractivity contribution < 1.29 is 9.31 Å². The van der Waals surface area contributed by atoms with Gasteiger partial charge in [0.2, 0.25) is 0 Å². The summed E-state index contributed by atoms with van der Waals surface area (Å²) in [4.78, 5) is 9.77. The van der Waals surface area contributed by atoms with E-state index < -0.39 is 18.3 Å². The van der Waals surface area contributed by atoms with Crippen molar-refractivity contribution >= 4 is 23.7 Å². The van der Waals surface area contributed by atoms with Crippen molar-refractivity contribution in [2.75, 3.05) is 0 Å². The summed E-state index contributed by atoms with van der Waals surface area (Å²) >= 11 is 0. The highest BCUT2D eigenvalue weighted by molar-refractivity contribution is 6.62. The van der Waals surface area contributed by atoms with Crippen molar-refractivity contribution in [1.29, 1.82) is 0 Å². The second-order valence-electron chi connectivity index (χ2n) is 18.2. The first kappa shape index (κ1) is 44.9. The third-order valence-corrected chi connectivity index (χ3v) is 13.1. The molecular formula is C60H59BN2O2. The molecule has 0 bridgehead atoms. The molecule has 8 rings (SSSR count). The van der Waals surface area contributed by atoms with Gasteiger partial charge >= 0.3 is 7.12 Å². The lowest BCUT2D eigenvalue weighted by Crippen LogP contribution is -2.41. The molecule has 5 heteroatoms. The molecular weight excluding hydrogens is 791 g/mol. The van der Waals surface area contributed by atoms with Gasteiger partial charge < -0.3 is 9.31 Å². The molecule has 1 saturated heterocycles. The lowest BCUT2D eigenvalue weighted by atomic mass is 9.75. The Bertz CT molecular complexity index is 2790. The first-order chi connectivity index (χ1) is 31.3. The maximum Gasteiger partial charge on any atom is 0.494 e. The average Bonchev–Trinajstić information content (AvgIpc) is 3.55. The van der Waals surface area contributed by atoms with Crippen LogP contribution in [0.2, 0.25) is 0 Å². The van der Waals surface area contributed by atoms with E-state index in [9.17, 15) is 0 Å². The summed E-state index contributed by atoms with van der Waals surface area (Å²) < 4.78 is 13.4. The minimum absolute atomic E-state index is 0.488. The molecule has 3 heterocycles. The monoisotopic (exact) mass is 850 g/mol. The van der Waals surface area contributed by atoms with Gasteiger partial charge in [-0.25, -0.2) is 0 Å². The molecule has 4 nitrogen and oxygen atoms in total. The van der Waals surface area contributed by atoms with Gasteiger partial charge in [0.05, 0.1) is 22.6 Å². The van der Waals surface area contributed by atoms with Gasteiger partial charge in [0.1, 0.15) is 0 Å². The second kappa shape index (κ2) is 18.8. The van der Waals surface area contributed by atoms with Crippen LogP contribution < -0.4 is 5.46 Å². The smallest absolute Gasteiger partial charge is 0.399 e. The summed E-state index contributed by atoms with van der Waals surface area (Å²) in [6, 6.07) is 46.1. The Morgan fingerprint density at radius 3 is 1.18 bits per heavy atom. The Morgan fingerprint density at radius 2 is 0.831 bits per heavy atom. The molecule has 7 aromatic rings. The van der Waals surface area contributed by atoms with Crippen molar-refractivity contribution in [3.8, 4) is 67.0 Å². The molecule has 0 radical (unpaired) electrons. The van der Waals surface area contributed by atoms with Crippen LogP contribution in [-0.4, -0.2) is 28.3 Å². The molecule has 0 amide bonds. The predicted octanol–water partition coefficient (Wildman–Crippen LogP) is 15.4. The van der Waals surface area contributed by atoms with Gasteiger partial charge in [-0.1, -0.05) is 146 Å². The van der Waals surface area contributed by atoms with Gasteiger partial charge in [0, 0.05) is 23.5 Å². The average molecular weight is 851 g/mol. The van der Waals surface area contributed by atoms with E-state index in [0.29, 0.717) is 0 Å². The van der Waals surface area contributed by atoms with Crippen molar-refractivity contribution in [1.82, 2.24) is 9.97 Å². The minimum Gasteiger partial charge on any atom is -0.399 e. The molecule has 5 aromatic carbocycles. The van der Waals surface area contributed by atoms with E-state index in [-0.39, 0.29) is 0 Å². The Labute approximate surface area is 387 Å². The zero-order valence-electron chi connectivity index (χ0n) is 39.5. The SMILES string of the molecule is C/C=C\C=C(/C)c1cnc(-c2ccc(-c3ccccc3-c3cc(B4OC(C)(C)C(C)(C)O4)cc(-c4ccccc4-c4ccc(-c5cc(C)c(/C(C)=C/C=C\C)cn5)cc4)c3)cc2)cc1C. The fourth-order valence-corrected chi connectivity index (χ4v) is 8.61. The van der Waals surface area contributed by atoms with E-state index >= 15 is 0 Å². The summed E-state index contributed by atoms with van der Waals surface area (Å²) in [5.74, 6) is 0. The summed E-state index contributed by atoms with van der Waals surface area (Å²) in [5.41, 5.74) is 20.2. The van der Waals surface area contributed by atoms with Crippen LogP contribution >= 0.6 is 0 Å². The minimum atomic E-state index is -0.536. The number of rotatable bonds is 11. The molecule has 2 aromatic heterocycles. The van der Waals surface area contributed by atoms with Crippen LogP contribution in [0.15, 0.2) is 176 Å². The number of hydrogen-bond acceptors (Lipinski definition) is 4. The van der Waals surface area contributed by atoms with Crippen LogP contribution in [0.5, 0.6) is 0 Å². The zero-order chi connectivity index (χ0) is 45.9. The van der Waals surface area contributed by atoms with Gasteiger partial charge in [0.15, 0.2) is 0 Å². The Kier molecular flexibility index (Phi) is 13.0. The van der Waals surface area contributed by atoms with E-state index in [1.54, 1.807) is 0 Å². The van der Waals surface area contributed by atoms with Crippen molar-refractivity contribution in [3.63, 3.8) is 0 Å². The van der Waals surface area contributed by atoms with E-state index in [0.717, 1.165) is 83.6 Å². The Balaban J connectivity index is 1.17. The number of pyridine rings is 2. The van der Waals surface area contributed by atoms with Gasteiger partial charge in [0.25, 0.3) is 0 Å². The van der Waals surface area contributed by atoms with Crippen LogP contribution in [0, 0.1) is 13.8 Å². The highest BCUT2D eigenvalue weighted by atomic mass is 16.7. The number of aromatic nitrogens is 2. The van der Waals surface area contributed by atoms with Crippen LogP contribution in [0.25, 0.3) is 78.2 Å². The molecule has 0 aliphatic carbocycles. The van der Waals surface area contributed by atoms with Crippen LogP contribution in [0.1, 0.15) is 77.6 Å². The molecule has 0 atom stereocenters. The molecule has 1 aliphatic heterocycles. The van der Waals surface area contributed by atoms with Gasteiger partial charge in [-0.2, -0.15) is 0 Å². The van der Waals surface area contributed by atoms with E-state index in [2.05, 4.69) is 207 Å². The molecule has 0 spiro atoms. The summed E-state index contributed by atoms with van der Waals surface area (Å²) in [7, 11) is -0.536. The summed E-state index contributed by atoms with van der Waals surface area (Å²) in [6.07, 6.45) is 16.5. The first-order valence-electron chi connectivity index (χ1n) is 22.7. The van der Waals surface area contributed by atoms with Crippen molar-refractivity contribution in [3.05, 3.63) is 198 Å². The van der Waals surface area contributed by atoms with Gasteiger partial charge in [-0.15, -0.1) is 0 Å². The summed E-state index contributed by atoms with van der Waals surface area (Å²) in [5, 5.41) is 0. The third kappa shape index (κ3) is 9.45. The third-order valence-electron chi connectivity index (χ3n) is 13.1. The van der Waals surface area contributed by atoms with E-state index in [4.69, 9.17) is 19.3 Å². The zero-order valence-corrected chi connectivity index (χ0v) is 39.5. The first-order valence-corrected chi connectivity index (χ1v) is 22.7. The maximum atomic E-state index is 6.72. The van der Waals surface area contributed by atoms with Crippen LogP contribution in [0.4, 0.5) is 0 Å². The van der Waals surface area contributed by atoms with Gasteiger partial charge in [-0.05, 0) is 171 Å². The Morgan fingerprint density at radius 1 is 0.477 bits per heavy atom. The predicted molar refractivity (Wildman–Crippen MR) is 277 cm³/mol. The standard InChI is InChI=1S/C60H59BN2O2/c1-11-13-19-40(3)55-38-62-57(33-42(55)5)46-29-25-44(26-30-46)51-21-15-17-23-53(51)48-35-49(37-50(36-48)61-64-59(7,8)60(9,10)65-61)54-24-18-16-22-52(54)45-27-31-47(32-28-45)58-34-43(6)56(39-63-58)41(4)20-14-12-2/h11-39H,1-10H3/b13-11-,14-12-,40-19+,41-20+. The van der Waals surface area contributed by atoms with Gasteiger partial charge in [-0.3, -0.25) is 9.97 Å². The van der Waals surface area contributed by atoms with E-state index in [1.807, 2.05) is 38.4 Å². The molecule has 1 aliphatic rings. The fourth-order valence-electron chi connectivity index (χ4n) is 8.61. The van der Waals surface area contributed by atoms with Crippen LogP contribution in [0.3, 0.4) is 0 Å². The quantitative estimate of drug-likeness (QED) is 0.0961. The molecule has 65 heavy (non-hydrogen) atoms. The molecule has 324 valence electrons. The molecule has 1 fully saturated rings. The maximum absolute atomic E-state index is 6.72. The molecule has 0 saturated carbocycles. The Hall–Kier alpha value is -6.66. The fraction of sp³-hybridized carbons (Fsp3) is 0.200. The number of hydrogen-bond donors (Lipinski definition) is 0. The number of nitrogens with zero attached hydrogens (tertiary/aromatic N) is 2. The highest BCUT2D eigenvalue weighted by Crippen LogP contribution is 2.41. The molecule has 0 unspecified atom stereocenters. The van der Waals surface area contributed by atoms with E-state index in [1.165, 1.54) is 22.3 Å². The number of benzene rings is 5. The van der Waals surface area contributed by atoms with Crippen molar-refractivity contribution in [2.45, 2.75) is 80.4 Å². The number of allylic oxidation sites excluding steroid dienone is 8. The summed E-state index contributed by atoms with van der Waals surface area (Å²) in [6.45, 7) is 21.1. The van der Waals surface area contributed by atoms with Crippen molar-refractivity contribution in [2.24, 2.45) is 0 Å². The van der Waals surface area contributed by atoms with Crippen LogP contribution in [-0.2, 0) is 9.31 Å².